The van der Waals surface area contributed by atoms with Crippen molar-refractivity contribution < 1.29 is 19.3 Å². The van der Waals surface area contributed by atoms with Crippen LogP contribution in [0.1, 0.15) is 12.8 Å². The Morgan fingerprint density at radius 1 is 1.59 bits per heavy atom. The molecular formula is C15H20N3O3S+. The minimum Gasteiger partial charge on any atom is -0.497 e. The first-order valence-corrected chi connectivity index (χ1v) is 8.33. The van der Waals surface area contributed by atoms with Crippen molar-refractivity contribution in [2.45, 2.75) is 24.1 Å². The number of carbonyl (C=O) groups is 1. The summed E-state index contributed by atoms with van der Waals surface area (Å²) in [4.78, 5) is 18.3. The van der Waals surface area contributed by atoms with Gasteiger partial charge in [-0.15, -0.1) is 0 Å². The summed E-state index contributed by atoms with van der Waals surface area (Å²) in [6.45, 7) is 1.41. The van der Waals surface area contributed by atoms with Gasteiger partial charge in [-0.3, -0.25) is 4.79 Å². The first-order valence-electron chi connectivity index (χ1n) is 7.35. The molecule has 22 heavy (non-hydrogen) atoms. The molecule has 118 valence electrons. The highest BCUT2D eigenvalue weighted by atomic mass is 32.2. The van der Waals surface area contributed by atoms with Gasteiger partial charge in [-0.25, -0.2) is 9.97 Å². The predicted octanol–water partition coefficient (Wildman–Crippen LogP) is 1.38. The molecule has 0 bridgehead atoms. The number of carbonyl (C=O) groups excluding carboxylic acids is 1. The Balaban J connectivity index is 1.51. The number of hydrogen-bond acceptors (Lipinski definition) is 4. The smallest absolute Gasteiger partial charge is 0.315 e. The third kappa shape index (κ3) is 3.72. The lowest BCUT2D eigenvalue weighted by Gasteiger charge is -2.09. The van der Waals surface area contributed by atoms with Crippen molar-refractivity contribution in [2.75, 3.05) is 26.0 Å². The monoisotopic (exact) mass is 322 g/mol. The summed E-state index contributed by atoms with van der Waals surface area (Å²) in [6, 6.07) is 5.77. The standard InChI is InChI=1S/C15H19N3O3S/c1-20-10-4-5-12-13(7-10)18-15(17-12)22-9-14(19)16-8-11-3-2-6-21-11/h4-5,7,11H,2-3,6,8-9H2,1H3,(H,16,19)(H,17,18)/p+1. The van der Waals surface area contributed by atoms with E-state index in [0.29, 0.717) is 12.3 Å². The van der Waals surface area contributed by atoms with E-state index in [0.717, 1.165) is 41.4 Å². The van der Waals surface area contributed by atoms with Crippen LogP contribution >= 0.6 is 11.8 Å². The van der Waals surface area contributed by atoms with E-state index >= 15 is 0 Å². The highest BCUT2D eigenvalue weighted by Gasteiger charge is 2.17. The van der Waals surface area contributed by atoms with Crippen LogP contribution in [0.15, 0.2) is 23.4 Å². The van der Waals surface area contributed by atoms with Crippen molar-refractivity contribution in [3.63, 3.8) is 0 Å². The lowest BCUT2D eigenvalue weighted by atomic mass is 10.2. The maximum Gasteiger partial charge on any atom is 0.315 e. The fourth-order valence-electron chi connectivity index (χ4n) is 2.43. The molecule has 0 spiro atoms. The molecule has 2 heterocycles. The highest BCUT2D eigenvalue weighted by Crippen LogP contribution is 2.20. The second kappa shape index (κ2) is 7.02. The number of ether oxygens (including phenoxy) is 2. The molecule has 2 aromatic rings. The maximum atomic E-state index is 11.9. The van der Waals surface area contributed by atoms with Gasteiger partial charge in [-0.05, 0) is 36.7 Å². The van der Waals surface area contributed by atoms with E-state index in [-0.39, 0.29) is 12.0 Å². The lowest BCUT2D eigenvalue weighted by Crippen LogP contribution is -2.33. The van der Waals surface area contributed by atoms with Gasteiger partial charge in [0.1, 0.15) is 5.75 Å². The zero-order valence-corrected chi connectivity index (χ0v) is 13.3. The quantitative estimate of drug-likeness (QED) is 0.788. The maximum absolute atomic E-state index is 11.9. The number of aromatic nitrogens is 2. The zero-order chi connectivity index (χ0) is 15.4. The number of aromatic amines is 2. The Labute approximate surface area is 133 Å². The number of H-pyrrole nitrogens is 2. The van der Waals surface area contributed by atoms with E-state index in [9.17, 15) is 4.79 Å². The van der Waals surface area contributed by atoms with Crippen molar-refractivity contribution in [3.8, 4) is 5.75 Å². The van der Waals surface area contributed by atoms with Gasteiger partial charge in [0, 0.05) is 19.2 Å². The second-order valence-electron chi connectivity index (χ2n) is 5.22. The van der Waals surface area contributed by atoms with Crippen LogP contribution < -0.4 is 15.0 Å². The van der Waals surface area contributed by atoms with E-state index in [1.165, 1.54) is 11.8 Å². The number of rotatable bonds is 6. The largest absolute Gasteiger partial charge is 0.497 e. The molecule has 1 aromatic carbocycles. The van der Waals surface area contributed by atoms with Crippen molar-refractivity contribution >= 4 is 28.7 Å². The van der Waals surface area contributed by atoms with Crippen LogP contribution in [0.2, 0.25) is 0 Å². The molecule has 0 saturated carbocycles. The first kappa shape index (κ1) is 15.2. The molecule has 6 nitrogen and oxygen atoms in total. The van der Waals surface area contributed by atoms with E-state index < -0.39 is 0 Å². The molecule has 1 aromatic heterocycles. The van der Waals surface area contributed by atoms with E-state index in [2.05, 4.69) is 15.3 Å². The summed E-state index contributed by atoms with van der Waals surface area (Å²) in [5.74, 6) is 1.19. The van der Waals surface area contributed by atoms with Gasteiger partial charge in [0.05, 0.1) is 19.0 Å². The number of thioether (sulfide) groups is 1. The molecule has 3 rings (SSSR count). The van der Waals surface area contributed by atoms with Crippen LogP contribution in [0, 0.1) is 0 Å². The molecule has 1 aliphatic heterocycles. The third-order valence-corrected chi connectivity index (χ3v) is 4.52. The average Bonchev–Trinajstić information content (AvgIpc) is 3.18. The number of benzene rings is 1. The number of nitrogens with one attached hydrogen (secondary N) is 3. The fraction of sp³-hybridized carbons (Fsp3) is 0.467. The Morgan fingerprint density at radius 3 is 3.27 bits per heavy atom. The third-order valence-electron chi connectivity index (χ3n) is 3.62. The van der Waals surface area contributed by atoms with Gasteiger partial charge < -0.3 is 14.8 Å². The summed E-state index contributed by atoms with van der Waals surface area (Å²) in [7, 11) is 1.64. The number of fused-ring (bicyclic) bond motifs is 1. The SMILES string of the molecule is COc1ccc2[nH+]c(SCC(=O)NCC3CCCO3)[nH]c2c1. The summed E-state index contributed by atoms with van der Waals surface area (Å²) in [6.07, 6.45) is 2.30. The molecule has 1 fully saturated rings. The van der Waals surface area contributed by atoms with Crippen molar-refractivity contribution in [1.82, 2.24) is 10.3 Å². The van der Waals surface area contributed by atoms with E-state index in [1.54, 1.807) is 7.11 Å². The van der Waals surface area contributed by atoms with Crippen LogP contribution in [0.5, 0.6) is 5.75 Å². The topological polar surface area (TPSA) is 77.5 Å². The molecule has 1 amide bonds. The van der Waals surface area contributed by atoms with E-state index in [1.807, 2.05) is 18.2 Å². The number of methoxy groups -OCH3 is 1. The molecule has 1 saturated heterocycles. The molecule has 7 heteroatoms. The van der Waals surface area contributed by atoms with Crippen LogP contribution in [-0.2, 0) is 9.53 Å². The van der Waals surface area contributed by atoms with Crippen LogP contribution in [0.4, 0.5) is 0 Å². The molecule has 1 atom stereocenters. The molecule has 1 unspecified atom stereocenters. The molecule has 0 aliphatic carbocycles. The minimum atomic E-state index is 0.0186. The van der Waals surface area contributed by atoms with Crippen LogP contribution in [-0.4, -0.2) is 43.0 Å². The predicted molar refractivity (Wildman–Crippen MR) is 84.1 cm³/mol. The molecule has 1 aliphatic rings. The average molecular weight is 322 g/mol. The summed E-state index contributed by atoms with van der Waals surface area (Å²) >= 11 is 1.45. The summed E-state index contributed by atoms with van der Waals surface area (Å²) in [5.41, 5.74) is 1.95. The van der Waals surface area contributed by atoms with E-state index in [4.69, 9.17) is 9.47 Å². The van der Waals surface area contributed by atoms with Gasteiger partial charge in [-0.1, -0.05) is 0 Å². The molecule has 0 radical (unpaired) electrons. The summed E-state index contributed by atoms with van der Waals surface area (Å²) in [5, 5.41) is 3.77. The van der Waals surface area contributed by atoms with Gasteiger partial charge >= 0.3 is 5.16 Å². The van der Waals surface area contributed by atoms with Gasteiger partial charge in [-0.2, -0.15) is 0 Å². The van der Waals surface area contributed by atoms with Crippen LogP contribution in [0.25, 0.3) is 11.0 Å². The molecular weight excluding hydrogens is 302 g/mol. The fourth-order valence-corrected chi connectivity index (χ4v) is 3.17. The zero-order valence-electron chi connectivity index (χ0n) is 12.5. The van der Waals surface area contributed by atoms with Gasteiger partial charge in [0.25, 0.3) is 0 Å². The van der Waals surface area contributed by atoms with Gasteiger partial charge in [0.2, 0.25) is 5.91 Å². The number of imidazole rings is 1. The Bertz CT molecular complexity index is 653. The first-order chi connectivity index (χ1) is 10.7. The molecule has 3 N–H and O–H groups in total. The van der Waals surface area contributed by atoms with Crippen LogP contribution in [0.3, 0.4) is 0 Å². The highest BCUT2D eigenvalue weighted by molar-refractivity contribution is 7.99. The number of amides is 1. The van der Waals surface area contributed by atoms with Crippen molar-refractivity contribution in [1.29, 1.82) is 0 Å². The Kier molecular flexibility index (Phi) is 4.84. The number of hydrogen-bond donors (Lipinski definition) is 2. The summed E-state index contributed by atoms with van der Waals surface area (Å²) < 4.78 is 10.7. The minimum absolute atomic E-state index is 0.0186. The van der Waals surface area contributed by atoms with Gasteiger partial charge in [0.15, 0.2) is 11.0 Å². The Morgan fingerprint density at radius 2 is 2.50 bits per heavy atom. The second-order valence-corrected chi connectivity index (χ2v) is 6.20. The van der Waals surface area contributed by atoms with Crippen molar-refractivity contribution in [2.24, 2.45) is 0 Å². The van der Waals surface area contributed by atoms with Crippen molar-refractivity contribution in [3.05, 3.63) is 18.2 Å². The lowest BCUT2D eigenvalue weighted by molar-refractivity contribution is -0.396. The Hall–Kier alpha value is -1.73. The normalized spacial score (nSPS) is 17.8.